The number of hydrogen-bond acceptors (Lipinski definition) is 3. The summed E-state index contributed by atoms with van der Waals surface area (Å²) >= 11 is 0. The van der Waals surface area contributed by atoms with Crippen LogP contribution >= 0.6 is 0 Å². The summed E-state index contributed by atoms with van der Waals surface area (Å²) in [6.07, 6.45) is 2.11. The predicted octanol–water partition coefficient (Wildman–Crippen LogP) is 3.98. The molecule has 27 heavy (non-hydrogen) atoms. The molecule has 2 aromatic carbocycles. The number of amides is 1. The Bertz CT molecular complexity index is 954. The van der Waals surface area contributed by atoms with Crippen LogP contribution in [0.5, 0.6) is 0 Å². The number of nitrogens with zero attached hydrogens (tertiary/aromatic N) is 1. The minimum atomic E-state index is -3.77. The standard InChI is InChI=1S/C21H26N2O3S/c1-15-7-6-12-23(14-15)21(24)19-13-18(11-10-16(19)2)27(25,26)22-20-9-5-4-8-17(20)3/h4-5,8-11,13,15,22H,6-7,12,14H2,1-3H3. The van der Waals surface area contributed by atoms with Crippen molar-refractivity contribution in [3.63, 3.8) is 0 Å². The number of anilines is 1. The van der Waals surface area contributed by atoms with Gasteiger partial charge >= 0.3 is 0 Å². The summed E-state index contributed by atoms with van der Waals surface area (Å²) in [6.45, 7) is 7.27. The molecule has 1 atom stereocenters. The van der Waals surface area contributed by atoms with Crippen LogP contribution in [0.15, 0.2) is 47.4 Å². The average Bonchev–Trinajstić information content (AvgIpc) is 2.63. The van der Waals surface area contributed by atoms with E-state index < -0.39 is 10.0 Å². The first-order chi connectivity index (χ1) is 12.8. The summed E-state index contributed by atoms with van der Waals surface area (Å²) in [5.41, 5.74) is 2.62. The van der Waals surface area contributed by atoms with E-state index >= 15 is 0 Å². The second-order valence-electron chi connectivity index (χ2n) is 7.40. The molecule has 0 saturated carbocycles. The quantitative estimate of drug-likeness (QED) is 0.864. The lowest BCUT2D eigenvalue weighted by Crippen LogP contribution is -2.39. The first-order valence-electron chi connectivity index (χ1n) is 9.26. The first kappa shape index (κ1) is 19.4. The van der Waals surface area contributed by atoms with E-state index in [-0.39, 0.29) is 10.8 Å². The van der Waals surface area contributed by atoms with E-state index in [2.05, 4.69) is 11.6 Å². The highest BCUT2D eigenvalue weighted by Gasteiger charge is 2.25. The van der Waals surface area contributed by atoms with Gasteiger partial charge in [0.2, 0.25) is 0 Å². The summed E-state index contributed by atoms with van der Waals surface area (Å²) in [5, 5.41) is 0. The number of likely N-dealkylation sites (tertiary alicyclic amines) is 1. The summed E-state index contributed by atoms with van der Waals surface area (Å²) < 4.78 is 28.3. The van der Waals surface area contributed by atoms with Crippen LogP contribution in [0.3, 0.4) is 0 Å². The number of carbonyl (C=O) groups excluding carboxylic acids is 1. The molecule has 1 aliphatic heterocycles. The maximum Gasteiger partial charge on any atom is 0.261 e. The van der Waals surface area contributed by atoms with E-state index in [0.29, 0.717) is 17.2 Å². The third-order valence-corrected chi connectivity index (χ3v) is 6.45. The SMILES string of the molecule is Cc1ccccc1NS(=O)(=O)c1ccc(C)c(C(=O)N2CCCC(C)C2)c1. The molecule has 0 bridgehead atoms. The molecule has 3 rings (SSSR count). The van der Waals surface area contributed by atoms with E-state index in [1.54, 1.807) is 24.3 Å². The van der Waals surface area contributed by atoms with Crippen LogP contribution in [0.25, 0.3) is 0 Å². The molecule has 2 aromatic rings. The second-order valence-corrected chi connectivity index (χ2v) is 9.08. The Balaban J connectivity index is 1.90. The number of aryl methyl sites for hydroxylation is 2. The van der Waals surface area contributed by atoms with Crippen molar-refractivity contribution in [1.29, 1.82) is 0 Å². The van der Waals surface area contributed by atoms with Gasteiger partial charge in [-0.1, -0.05) is 31.2 Å². The number of benzene rings is 2. The van der Waals surface area contributed by atoms with Gasteiger partial charge < -0.3 is 4.90 Å². The molecule has 0 aliphatic carbocycles. The Morgan fingerprint density at radius 2 is 1.85 bits per heavy atom. The fourth-order valence-electron chi connectivity index (χ4n) is 3.43. The smallest absolute Gasteiger partial charge is 0.261 e. The third-order valence-electron chi connectivity index (χ3n) is 5.08. The fourth-order valence-corrected chi connectivity index (χ4v) is 4.59. The zero-order valence-electron chi connectivity index (χ0n) is 16.0. The highest BCUT2D eigenvalue weighted by molar-refractivity contribution is 7.92. The molecule has 0 aromatic heterocycles. The lowest BCUT2D eigenvalue weighted by Gasteiger charge is -2.31. The zero-order chi connectivity index (χ0) is 19.6. The Labute approximate surface area is 161 Å². The maximum absolute atomic E-state index is 13.0. The van der Waals surface area contributed by atoms with Crippen molar-refractivity contribution in [2.45, 2.75) is 38.5 Å². The van der Waals surface area contributed by atoms with Crippen LogP contribution in [-0.4, -0.2) is 32.3 Å². The summed E-state index contributed by atoms with van der Waals surface area (Å²) in [6, 6.07) is 12.0. The van der Waals surface area contributed by atoms with Gasteiger partial charge in [0.1, 0.15) is 0 Å². The van der Waals surface area contributed by atoms with Crippen LogP contribution in [0.2, 0.25) is 0 Å². The molecule has 1 N–H and O–H groups in total. The van der Waals surface area contributed by atoms with Gasteiger partial charge in [-0.25, -0.2) is 8.42 Å². The predicted molar refractivity (Wildman–Crippen MR) is 107 cm³/mol. The molecule has 1 unspecified atom stereocenters. The molecule has 1 saturated heterocycles. The van der Waals surface area contributed by atoms with Crippen molar-refractivity contribution in [1.82, 2.24) is 4.90 Å². The van der Waals surface area contributed by atoms with Gasteiger partial charge in [-0.3, -0.25) is 9.52 Å². The van der Waals surface area contributed by atoms with E-state index in [9.17, 15) is 13.2 Å². The Morgan fingerprint density at radius 1 is 1.11 bits per heavy atom. The van der Waals surface area contributed by atoms with Gasteiger partial charge in [0.25, 0.3) is 15.9 Å². The minimum absolute atomic E-state index is 0.0907. The normalized spacial score (nSPS) is 17.6. The molecular weight excluding hydrogens is 360 g/mol. The number of para-hydroxylation sites is 1. The van der Waals surface area contributed by atoms with Crippen molar-refractivity contribution in [3.8, 4) is 0 Å². The molecule has 1 fully saturated rings. The van der Waals surface area contributed by atoms with Gasteiger partial charge in [-0.2, -0.15) is 0 Å². The molecule has 0 spiro atoms. The van der Waals surface area contributed by atoms with Crippen molar-refractivity contribution >= 4 is 21.6 Å². The van der Waals surface area contributed by atoms with Crippen LogP contribution in [0, 0.1) is 19.8 Å². The van der Waals surface area contributed by atoms with Gasteiger partial charge in [0.05, 0.1) is 10.6 Å². The number of piperidine rings is 1. The number of hydrogen-bond donors (Lipinski definition) is 1. The summed E-state index contributed by atoms with van der Waals surface area (Å²) in [7, 11) is -3.77. The molecule has 1 heterocycles. The van der Waals surface area contributed by atoms with Gasteiger partial charge in [0.15, 0.2) is 0 Å². The van der Waals surface area contributed by atoms with Gasteiger partial charge in [0, 0.05) is 18.7 Å². The largest absolute Gasteiger partial charge is 0.338 e. The number of nitrogens with one attached hydrogen (secondary N) is 1. The number of rotatable bonds is 4. The molecule has 1 amide bonds. The van der Waals surface area contributed by atoms with Crippen LogP contribution in [-0.2, 0) is 10.0 Å². The minimum Gasteiger partial charge on any atom is -0.338 e. The number of carbonyl (C=O) groups is 1. The highest BCUT2D eigenvalue weighted by atomic mass is 32.2. The van der Waals surface area contributed by atoms with Crippen LogP contribution in [0.4, 0.5) is 5.69 Å². The van der Waals surface area contributed by atoms with Crippen molar-refractivity contribution in [2.75, 3.05) is 17.8 Å². The van der Waals surface area contributed by atoms with E-state index in [1.165, 1.54) is 6.07 Å². The second kappa shape index (κ2) is 7.72. The fraction of sp³-hybridized carbons (Fsp3) is 0.381. The Morgan fingerprint density at radius 3 is 2.56 bits per heavy atom. The van der Waals surface area contributed by atoms with Gasteiger partial charge in [-0.15, -0.1) is 0 Å². The van der Waals surface area contributed by atoms with E-state index in [1.807, 2.05) is 30.9 Å². The summed E-state index contributed by atoms with van der Waals surface area (Å²) in [5.74, 6) is 0.379. The van der Waals surface area contributed by atoms with Crippen LogP contribution in [0.1, 0.15) is 41.3 Å². The third kappa shape index (κ3) is 4.33. The van der Waals surface area contributed by atoms with E-state index in [0.717, 1.165) is 37.1 Å². The van der Waals surface area contributed by atoms with Gasteiger partial charge in [-0.05, 0) is 61.9 Å². The lowest BCUT2D eigenvalue weighted by molar-refractivity contribution is 0.0682. The monoisotopic (exact) mass is 386 g/mol. The highest BCUT2D eigenvalue weighted by Crippen LogP contribution is 2.24. The molecule has 0 radical (unpaired) electrons. The Hall–Kier alpha value is -2.34. The summed E-state index contributed by atoms with van der Waals surface area (Å²) in [4.78, 5) is 14.9. The molecule has 1 aliphatic rings. The lowest BCUT2D eigenvalue weighted by atomic mass is 9.99. The molecule has 5 nitrogen and oxygen atoms in total. The zero-order valence-corrected chi connectivity index (χ0v) is 16.8. The van der Waals surface area contributed by atoms with Crippen LogP contribution < -0.4 is 4.72 Å². The Kier molecular flexibility index (Phi) is 5.56. The van der Waals surface area contributed by atoms with Crippen molar-refractivity contribution < 1.29 is 13.2 Å². The van der Waals surface area contributed by atoms with Crippen molar-refractivity contribution in [3.05, 3.63) is 59.2 Å². The molecule has 6 heteroatoms. The maximum atomic E-state index is 13.0. The molecular formula is C21H26N2O3S. The molecule has 144 valence electrons. The van der Waals surface area contributed by atoms with Crippen molar-refractivity contribution in [2.24, 2.45) is 5.92 Å². The topological polar surface area (TPSA) is 66.5 Å². The average molecular weight is 387 g/mol. The van der Waals surface area contributed by atoms with E-state index in [4.69, 9.17) is 0 Å². The first-order valence-corrected chi connectivity index (χ1v) is 10.7. The number of sulfonamides is 1.